The van der Waals surface area contributed by atoms with Crippen molar-refractivity contribution in [1.82, 2.24) is 0 Å². The molecule has 0 radical (unpaired) electrons. The minimum absolute atomic E-state index is 0.0794. The van der Waals surface area contributed by atoms with Crippen LogP contribution in [0.15, 0.2) is 23.3 Å². The van der Waals surface area contributed by atoms with E-state index in [1.807, 2.05) is 6.08 Å². The first-order chi connectivity index (χ1) is 10.9. The highest BCUT2D eigenvalue weighted by molar-refractivity contribution is 5.57. The minimum atomic E-state index is -0.504. The third-order valence-corrected chi connectivity index (χ3v) is 6.69. The van der Waals surface area contributed by atoms with E-state index in [2.05, 4.69) is 32.9 Å². The van der Waals surface area contributed by atoms with Crippen molar-refractivity contribution in [2.24, 2.45) is 28.6 Å². The number of hydrogen-bond donors (Lipinski definition) is 1. The third-order valence-electron chi connectivity index (χ3n) is 6.69. The molecule has 1 saturated carbocycles. The zero-order chi connectivity index (χ0) is 16.8. The largest absolute Gasteiger partial charge is 0.392 e. The molecule has 2 unspecified atom stereocenters. The van der Waals surface area contributed by atoms with Crippen LogP contribution in [-0.4, -0.2) is 17.5 Å². The molecule has 3 heteroatoms. The highest BCUT2D eigenvalue weighted by Gasteiger charge is 2.56. The zero-order valence-electron chi connectivity index (χ0n) is 14.4. The van der Waals surface area contributed by atoms with Gasteiger partial charge in [0, 0.05) is 17.3 Å². The molecule has 0 aromatic carbocycles. The highest BCUT2D eigenvalue weighted by Crippen LogP contribution is 2.62. The minimum Gasteiger partial charge on any atom is -0.392 e. The molecule has 3 aliphatic carbocycles. The Morgan fingerprint density at radius 2 is 2.09 bits per heavy atom. The monoisotopic (exact) mass is 313 g/mol. The summed E-state index contributed by atoms with van der Waals surface area (Å²) in [4.78, 5) is 11.3. The van der Waals surface area contributed by atoms with Gasteiger partial charge in [0.1, 0.15) is 6.29 Å². The second-order valence-corrected chi connectivity index (χ2v) is 8.21. The van der Waals surface area contributed by atoms with E-state index in [4.69, 9.17) is 0 Å². The molecule has 0 bridgehead atoms. The molecular weight excluding hydrogens is 286 g/mol. The van der Waals surface area contributed by atoms with Crippen LogP contribution in [0.2, 0.25) is 0 Å². The Balaban J connectivity index is 2.16. The molecule has 3 nitrogen and oxygen atoms in total. The molecule has 0 amide bonds. The Morgan fingerprint density at radius 3 is 2.70 bits per heavy atom. The predicted octanol–water partition coefficient (Wildman–Crippen LogP) is 3.79. The van der Waals surface area contributed by atoms with Crippen molar-refractivity contribution < 1.29 is 9.90 Å². The van der Waals surface area contributed by atoms with Gasteiger partial charge in [0.15, 0.2) is 0 Å². The van der Waals surface area contributed by atoms with Crippen molar-refractivity contribution in [2.75, 3.05) is 0 Å². The highest BCUT2D eigenvalue weighted by atomic mass is 16.3. The molecule has 23 heavy (non-hydrogen) atoms. The van der Waals surface area contributed by atoms with Gasteiger partial charge in [0.05, 0.1) is 17.6 Å². The maximum atomic E-state index is 11.3. The summed E-state index contributed by atoms with van der Waals surface area (Å²) in [5.74, 6) is 0.294. The summed E-state index contributed by atoms with van der Waals surface area (Å²) in [6.45, 7) is 6.55. The summed E-state index contributed by atoms with van der Waals surface area (Å²) < 4.78 is 0. The van der Waals surface area contributed by atoms with E-state index in [0.717, 1.165) is 32.0 Å². The van der Waals surface area contributed by atoms with Gasteiger partial charge in [-0.05, 0) is 43.6 Å². The van der Waals surface area contributed by atoms with Crippen molar-refractivity contribution in [3.05, 3.63) is 23.3 Å². The number of nitrogens with zero attached hydrogens (tertiary/aromatic N) is 1. The van der Waals surface area contributed by atoms with E-state index < -0.39 is 6.10 Å². The lowest BCUT2D eigenvalue weighted by molar-refractivity contribution is -0.111. The van der Waals surface area contributed by atoms with Gasteiger partial charge in [0.2, 0.25) is 0 Å². The molecule has 0 aromatic rings. The second-order valence-electron chi connectivity index (χ2n) is 8.21. The number of carbonyl (C=O) groups is 1. The maximum absolute atomic E-state index is 11.3. The van der Waals surface area contributed by atoms with Gasteiger partial charge in [0.25, 0.3) is 0 Å². The van der Waals surface area contributed by atoms with Crippen molar-refractivity contribution >= 4 is 6.29 Å². The lowest BCUT2D eigenvalue weighted by atomic mass is 9.54. The van der Waals surface area contributed by atoms with Crippen LogP contribution in [0.5, 0.6) is 0 Å². The number of aldehydes is 1. The van der Waals surface area contributed by atoms with Crippen molar-refractivity contribution in [3.8, 4) is 6.07 Å². The number of carbonyl (C=O) groups excluding carboxylic acids is 1. The SMILES string of the molecule is CC(C)C1=C2[C@@H]3C=CC(C=O)CC(O)[C@@]3(C)CC[C@]2(C#N)CC1. The fourth-order valence-corrected chi connectivity index (χ4v) is 5.07. The van der Waals surface area contributed by atoms with Crippen LogP contribution in [0.1, 0.15) is 52.9 Å². The maximum Gasteiger partial charge on any atom is 0.126 e. The predicted molar refractivity (Wildman–Crippen MR) is 89.3 cm³/mol. The van der Waals surface area contributed by atoms with Gasteiger partial charge in [-0.1, -0.05) is 38.5 Å². The van der Waals surface area contributed by atoms with E-state index in [0.29, 0.717) is 12.3 Å². The number of aliphatic hydroxyl groups excluding tert-OH is 1. The van der Waals surface area contributed by atoms with Crippen LogP contribution >= 0.6 is 0 Å². The van der Waals surface area contributed by atoms with Crippen LogP contribution in [0.25, 0.3) is 0 Å². The summed E-state index contributed by atoms with van der Waals surface area (Å²) >= 11 is 0. The van der Waals surface area contributed by atoms with Gasteiger partial charge in [-0.3, -0.25) is 0 Å². The molecule has 5 atom stereocenters. The molecule has 0 heterocycles. The summed E-state index contributed by atoms with van der Waals surface area (Å²) in [5.41, 5.74) is 2.05. The Kier molecular flexibility index (Phi) is 4.01. The first kappa shape index (κ1) is 16.5. The van der Waals surface area contributed by atoms with E-state index in [9.17, 15) is 15.2 Å². The fourth-order valence-electron chi connectivity index (χ4n) is 5.07. The molecule has 3 aliphatic rings. The molecule has 124 valence electrons. The lowest BCUT2D eigenvalue weighted by Gasteiger charge is -2.49. The average molecular weight is 313 g/mol. The van der Waals surface area contributed by atoms with Crippen LogP contribution in [0.4, 0.5) is 0 Å². The number of nitriles is 1. The summed E-state index contributed by atoms with van der Waals surface area (Å²) in [7, 11) is 0. The Bertz CT molecular complexity index is 612. The van der Waals surface area contributed by atoms with Gasteiger partial charge in [-0.2, -0.15) is 5.26 Å². The van der Waals surface area contributed by atoms with Crippen molar-refractivity contribution in [1.29, 1.82) is 5.26 Å². The Hall–Kier alpha value is -1.40. The number of allylic oxidation sites excluding steroid dienone is 4. The quantitative estimate of drug-likeness (QED) is 0.623. The smallest absolute Gasteiger partial charge is 0.126 e. The van der Waals surface area contributed by atoms with Gasteiger partial charge >= 0.3 is 0 Å². The number of fused-ring (bicyclic) bond motifs is 3. The molecule has 0 spiro atoms. The van der Waals surface area contributed by atoms with E-state index in [-0.39, 0.29) is 22.7 Å². The van der Waals surface area contributed by atoms with E-state index in [1.165, 1.54) is 11.1 Å². The molecule has 0 aliphatic heterocycles. The van der Waals surface area contributed by atoms with E-state index >= 15 is 0 Å². The van der Waals surface area contributed by atoms with Crippen molar-refractivity contribution in [2.45, 2.75) is 59.0 Å². The van der Waals surface area contributed by atoms with Crippen LogP contribution in [0, 0.1) is 39.9 Å². The number of aliphatic hydroxyl groups is 1. The molecular formula is C20H27NO2. The van der Waals surface area contributed by atoms with Crippen LogP contribution in [-0.2, 0) is 4.79 Å². The average Bonchev–Trinajstić information content (AvgIpc) is 2.87. The number of hydrogen-bond acceptors (Lipinski definition) is 3. The Morgan fingerprint density at radius 1 is 1.35 bits per heavy atom. The molecule has 1 N–H and O–H groups in total. The van der Waals surface area contributed by atoms with Gasteiger partial charge < -0.3 is 9.90 Å². The van der Waals surface area contributed by atoms with Crippen LogP contribution < -0.4 is 0 Å². The third kappa shape index (κ3) is 2.31. The van der Waals surface area contributed by atoms with E-state index in [1.54, 1.807) is 0 Å². The van der Waals surface area contributed by atoms with Crippen LogP contribution in [0.3, 0.4) is 0 Å². The molecule has 1 fully saturated rings. The van der Waals surface area contributed by atoms with Gasteiger partial charge in [-0.15, -0.1) is 0 Å². The normalized spacial score (nSPS) is 42.9. The second kappa shape index (κ2) is 5.60. The van der Waals surface area contributed by atoms with Gasteiger partial charge in [-0.25, -0.2) is 0 Å². The summed E-state index contributed by atoms with van der Waals surface area (Å²) in [6, 6.07) is 2.63. The molecule has 0 aromatic heterocycles. The molecule has 0 saturated heterocycles. The first-order valence-corrected chi connectivity index (χ1v) is 8.84. The molecule has 3 rings (SSSR count). The van der Waals surface area contributed by atoms with Crippen molar-refractivity contribution in [3.63, 3.8) is 0 Å². The lowest BCUT2D eigenvalue weighted by Crippen LogP contribution is -2.46. The standard InChI is InChI=1S/C20H27NO2/c1-13(2)15-6-7-20(12-21)9-8-19(3)16(18(15)20)5-4-14(11-22)10-17(19)23/h4-5,11,13-14,16-17,23H,6-10H2,1-3H3/t14?,16-,17?,19-,20-/m0/s1. The first-order valence-electron chi connectivity index (χ1n) is 8.84. The topological polar surface area (TPSA) is 61.1 Å². The summed E-state index contributed by atoms with van der Waals surface area (Å²) in [5, 5.41) is 20.8. The Labute approximate surface area is 139 Å². The number of rotatable bonds is 2. The summed E-state index contributed by atoms with van der Waals surface area (Å²) in [6.07, 6.45) is 8.61. The zero-order valence-corrected chi connectivity index (χ0v) is 14.4. The fraction of sp³-hybridized carbons (Fsp3) is 0.700.